The topological polar surface area (TPSA) is 36.4 Å². The van der Waals surface area contributed by atoms with E-state index in [1.54, 1.807) is 0 Å². The van der Waals surface area contributed by atoms with Crippen molar-refractivity contribution >= 4 is 12.2 Å². The number of aromatic nitrogens is 1. The standard InChI is InChI=1S/C17H25N3O/c21-14-20-13-6-3-9-16(20)15-8-7-10-18-17(15)19-11-4-1-2-5-12-19/h7-8,10,14,16H,1-6,9,11-13H2. The lowest BCUT2D eigenvalue weighted by Gasteiger charge is -2.35. The van der Waals surface area contributed by atoms with Gasteiger partial charge < -0.3 is 9.80 Å². The lowest BCUT2D eigenvalue weighted by Crippen LogP contribution is -2.34. The van der Waals surface area contributed by atoms with E-state index < -0.39 is 0 Å². The largest absolute Gasteiger partial charge is 0.356 e. The van der Waals surface area contributed by atoms with Crippen LogP contribution in [-0.2, 0) is 4.79 Å². The molecule has 21 heavy (non-hydrogen) atoms. The van der Waals surface area contributed by atoms with Crippen molar-refractivity contribution in [2.45, 2.75) is 51.0 Å². The first-order valence-corrected chi connectivity index (χ1v) is 8.31. The van der Waals surface area contributed by atoms with Crippen molar-refractivity contribution < 1.29 is 4.79 Å². The van der Waals surface area contributed by atoms with E-state index in [9.17, 15) is 4.79 Å². The molecule has 2 aliphatic heterocycles. The molecular formula is C17H25N3O. The molecule has 0 bridgehead atoms. The van der Waals surface area contributed by atoms with Gasteiger partial charge in [0.2, 0.25) is 6.41 Å². The number of anilines is 1. The molecular weight excluding hydrogens is 262 g/mol. The molecule has 4 heteroatoms. The van der Waals surface area contributed by atoms with Gasteiger partial charge in [0.25, 0.3) is 0 Å². The maximum absolute atomic E-state index is 11.4. The van der Waals surface area contributed by atoms with Gasteiger partial charge in [0.05, 0.1) is 6.04 Å². The molecule has 1 aromatic heterocycles. The average molecular weight is 287 g/mol. The van der Waals surface area contributed by atoms with Crippen molar-refractivity contribution in [1.29, 1.82) is 0 Å². The first kappa shape index (κ1) is 14.4. The van der Waals surface area contributed by atoms with Gasteiger partial charge >= 0.3 is 0 Å². The molecule has 0 aliphatic carbocycles. The number of piperidine rings is 1. The molecule has 0 aromatic carbocycles. The molecule has 0 radical (unpaired) electrons. The van der Waals surface area contributed by atoms with Crippen LogP contribution in [0.4, 0.5) is 5.82 Å². The second-order valence-corrected chi connectivity index (χ2v) is 6.17. The summed E-state index contributed by atoms with van der Waals surface area (Å²) >= 11 is 0. The fraction of sp³-hybridized carbons (Fsp3) is 0.647. The Labute approximate surface area is 127 Å². The molecule has 114 valence electrons. The number of nitrogens with zero attached hydrogens (tertiary/aromatic N) is 3. The summed E-state index contributed by atoms with van der Waals surface area (Å²) in [4.78, 5) is 20.4. The number of pyridine rings is 1. The van der Waals surface area contributed by atoms with E-state index in [1.807, 2.05) is 17.2 Å². The molecule has 2 fully saturated rings. The second kappa shape index (κ2) is 6.92. The van der Waals surface area contributed by atoms with Gasteiger partial charge in [-0.3, -0.25) is 4.79 Å². The van der Waals surface area contributed by atoms with E-state index in [4.69, 9.17) is 0 Å². The van der Waals surface area contributed by atoms with Gasteiger partial charge in [0.1, 0.15) is 5.82 Å². The van der Waals surface area contributed by atoms with Gasteiger partial charge in [-0.1, -0.05) is 18.9 Å². The Morgan fingerprint density at radius 3 is 2.57 bits per heavy atom. The number of rotatable bonds is 3. The zero-order valence-electron chi connectivity index (χ0n) is 12.7. The Bertz CT molecular complexity index is 469. The minimum Gasteiger partial charge on any atom is -0.356 e. The summed E-state index contributed by atoms with van der Waals surface area (Å²) in [5, 5.41) is 0. The average Bonchev–Trinajstić information content (AvgIpc) is 2.84. The number of amides is 1. The first-order chi connectivity index (χ1) is 10.4. The summed E-state index contributed by atoms with van der Waals surface area (Å²) in [6.45, 7) is 3.07. The van der Waals surface area contributed by atoms with Crippen LogP contribution in [0.2, 0.25) is 0 Å². The summed E-state index contributed by atoms with van der Waals surface area (Å²) in [6, 6.07) is 4.39. The van der Waals surface area contributed by atoms with Crippen molar-refractivity contribution in [3.8, 4) is 0 Å². The van der Waals surface area contributed by atoms with Crippen LogP contribution in [0.1, 0.15) is 56.6 Å². The molecule has 1 atom stereocenters. The quantitative estimate of drug-likeness (QED) is 0.801. The van der Waals surface area contributed by atoms with Gasteiger partial charge in [0, 0.05) is 31.4 Å². The Balaban J connectivity index is 1.89. The third-order valence-electron chi connectivity index (χ3n) is 4.76. The predicted octanol–water partition coefficient (Wildman–Crippen LogP) is 3.15. The third kappa shape index (κ3) is 3.20. The molecule has 4 nitrogen and oxygen atoms in total. The number of hydrogen-bond acceptors (Lipinski definition) is 3. The van der Waals surface area contributed by atoms with Crippen LogP contribution in [0.15, 0.2) is 18.3 Å². The van der Waals surface area contributed by atoms with E-state index >= 15 is 0 Å². The van der Waals surface area contributed by atoms with Crippen molar-refractivity contribution in [1.82, 2.24) is 9.88 Å². The van der Waals surface area contributed by atoms with Gasteiger partial charge in [-0.15, -0.1) is 0 Å². The Kier molecular flexibility index (Phi) is 4.73. The SMILES string of the molecule is O=CN1CCCCC1c1cccnc1N1CCCCCC1. The summed E-state index contributed by atoms with van der Waals surface area (Å²) in [7, 11) is 0. The van der Waals surface area contributed by atoms with Gasteiger partial charge in [-0.2, -0.15) is 0 Å². The summed E-state index contributed by atoms with van der Waals surface area (Å²) in [5.41, 5.74) is 1.24. The summed E-state index contributed by atoms with van der Waals surface area (Å²) in [5.74, 6) is 1.11. The van der Waals surface area contributed by atoms with E-state index in [-0.39, 0.29) is 6.04 Å². The number of hydrogen-bond donors (Lipinski definition) is 0. The maximum atomic E-state index is 11.4. The van der Waals surface area contributed by atoms with Crippen LogP contribution >= 0.6 is 0 Å². The van der Waals surface area contributed by atoms with Gasteiger partial charge in [-0.05, 0) is 38.2 Å². The minimum atomic E-state index is 0.211. The van der Waals surface area contributed by atoms with E-state index in [0.717, 1.165) is 44.7 Å². The lowest BCUT2D eigenvalue weighted by molar-refractivity contribution is -0.121. The van der Waals surface area contributed by atoms with Crippen LogP contribution in [0.5, 0.6) is 0 Å². The van der Waals surface area contributed by atoms with E-state index in [0.29, 0.717) is 0 Å². The molecule has 1 unspecified atom stereocenters. The van der Waals surface area contributed by atoms with Crippen LogP contribution in [0.25, 0.3) is 0 Å². The molecule has 0 spiro atoms. The summed E-state index contributed by atoms with van der Waals surface area (Å²) < 4.78 is 0. The monoisotopic (exact) mass is 287 g/mol. The van der Waals surface area contributed by atoms with Crippen LogP contribution in [0.3, 0.4) is 0 Å². The highest BCUT2D eigenvalue weighted by molar-refractivity contribution is 5.54. The third-order valence-corrected chi connectivity index (χ3v) is 4.76. The predicted molar refractivity (Wildman–Crippen MR) is 84.3 cm³/mol. The molecule has 2 aliphatic rings. The Morgan fingerprint density at radius 2 is 1.81 bits per heavy atom. The fourth-order valence-corrected chi connectivity index (χ4v) is 3.63. The summed E-state index contributed by atoms with van der Waals surface area (Å²) in [6.07, 6.45) is 11.4. The molecule has 1 aromatic rings. The number of likely N-dealkylation sites (tertiary alicyclic amines) is 1. The number of carbonyl (C=O) groups is 1. The molecule has 0 N–H and O–H groups in total. The van der Waals surface area contributed by atoms with Gasteiger partial charge in [-0.25, -0.2) is 4.98 Å². The normalized spacial score (nSPS) is 23.7. The Morgan fingerprint density at radius 1 is 1.05 bits per heavy atom. The molecule has 1 amide bonds. The highest BCUT2D eigenvalue weighted by atomic mass is 16.1. The highest BCUT2D eigenvalue weighted by Crippen LogP contribution is 2.35. The zero-order valence-corrected chi connectivity index (χ0v) is 12.7. The van der Waals surface area contributed by atoms with Crippen LogP contribution in [-0.4, -0.2) is 35.9 Å². The smallest absolute Gasteiger partial charge is 0.210 e. The molecule has 3 heterocycles. The molecule has 3 rings (SSSR count). The zero-order chi connectivity index (χ0) is 14.5. The van der Waals surface area contributed by atoms with E-state index in [2.05, 4.69) is 16.0 Å². The highest BCUT2D eigenvalue weighted by Gasteiger charge is 2.27. The second-order valence-electron chi connectivity index (χ2n) is 6.17. The van der Waals surface area contributed by atoms with Crippen molar-refractivity contribution in [2.24, 2.45) is 0 Å². The first-order valence-electron chi connectivity index (χ1n) is 8.31. The van der Waals surface area contributed by atoms with Crippen LogP contribution < -0.4 is 4.90 Å². The van der Waals surface area contributed by atoms with Crippen molar-refractivity contribution in [3.05, 3.63) is 23.9 Å². The lowest BCUT2D eigenvalue weighted by atomic mass is 9.96. The maximum Gasteiger partial charge on any atom is 0.210 e. The van der Waals surface area contributed by atoms with Crippen molar-refractivity contribution in [3.63, 3.8) is 0 Å². The Hall–Kier alpha value is -1.58. The fourth-order valence-electron chi connectivity index (χ4n) is 3.63. The number of carbonyl (C=O) groups excluding carboxylic acids is 1. The molecule has 0 saturated carbocycles. The van der Waals surface area contributed by atoms with E-state index in [1.165, 1.54) is 37.7 Å². The van der Waals surface area contributed by atoms with Crippen LogP contribution in [0, 0.1) is 0 Å². The minimum absolute atomic E-state index is 0.211. The molecule has 2 saturated heterocycles. The van der Waals surface area contributed by atoms with Gasteiger partial charge in [0.15, 0.2) is 0 Å². The van der Waals surface area contributed by atoms with Crippen molar-refractivity contribution in [2.75, 3.05) is 24.5 Å².